The Morgan fingerprint density at radius 1 is 1.37 bits per heavy atom. The van der Waals surface area contributed by atoms with Crippen molar-refractivity contribution in [1.29, 1.82) is 0 Å². The Bertz CT molecular complexity index is 529. The summed E-state index contributed by atoms with van der Waals surface area (Å²) >= 11 is 0. The molecule has 0 spiro atoms. The molecule has 0 atom stereocenters. The van der Waals surface area contributed by atoms with E-state index in [4.69, 9.17) is 0 Å². The molecule has 0 bridgehead atoms. The predicted molar refractivity (Wildman–Crippen MR) is 71.6 cm³/mol. The molecular formula is C13H20FNO3S. The van der Waals surface area contributed by atoms with Crippen LogP contribution in [0.3, 0.4) is 0 Å². The number of rotatable bonds is 6. The fourth-order valence-corrected chi connectivity index (χ4v) is 3.86. The lowest BCUT2D eigenvalue weighted by Crippen LogP contribution is -2.38. The number of hydrogen-bond donors (Lipinski definition) is 1. The van der Waals surface area contributed by atoms with Crippen LogP contribution in [0.25, 0.3) is 0 Å². The standard InChI is InChI=1S/C13H20FNO3S/c1-4-7-15(10(2)3)19(17,18)13-8-12(14)6-5-11(13)9-16/h5-6,8,10,16H,4,7,9H2,1-3H3. The van der Waals surface area contributed by atoms with Gasteiger partial charge in [-0.15, -0.1) is 0 Å². The van der Waals surface area contributed by atoms with Gasteiger partial charge in [-0.1, -0.05) is 13.0 Å². The Hall–Kier alpha value is -0.980. The Morgan fingerprint density at radius 2 is 2.00 bits per heavy atom. The highest BCUT2D eigenvalue weighted by Crippen LogP contribution is 2.23. The van der Waals surface area contributed by atoms with E-state index in [9.17, 15) is 17.9 Å². The number of hydrogen-bond acceptors (Lipinski definition) is 3. The molecule has 1 aromatic rings. The van der Waals surface area contributed by atoms with E-state index in [1.807, 2.05) is 6.92 Å². The number of aliphatic hydroxyl groups excluding tert-OH is 1. The molecule has 4 nitrogen and oxygen atoms in total. The van der Waals surface area contributed by atoms with Gasteiger partial charge in [0.05, 0.1) is 11.5 Å². The van der Waals surface area contributed by atoms with Crippen LogP contribution in [0.15, 0.2) is 23.1 Å². The molecule has 1 rings (SSSR count). The van der Waals surface area contributed by atoms with E-state index in [-0.39, 0.29) is 16.5 Å². The zero-order chi connectivity index (χ0) is 14.6. The Labute approximate surface area is 113 Å². The smallest absolute Gasteiger partial charge is 0.243 e. The van der Waals surface area contributed by atoms with Crippen LogP contribution in [0.1, 0.15) is 32.8 Å². The van der Waals surface area contributed by atoms with Crippen LogP contribution >= 0.6 is 0 Å². The van der Waals surface area contributed by atoms with Gasteiger partial charge in [0.15, 0.2) is 0 Å². The van der Waals surface area contributed by atoms with Crippen LogP contribution in [0.2, 0.25) is 0 Å². The van der Waals surface area contributed by atoms with Crippen molar-refractivity contribution < 1.29 is 17.9 Å². The number of sulfonamides is 1. The van der Waals surface area contributed by atoms with Crippen molar-refractivity contribution in [1.82, 2.24) is 4.31 Å². The molecule has 0 aliphatic rings. The minimum Gasteiger partial charge on any atom is -0.392 e. The minimum atomic E-state index is -3.79. The third-order valence-corrected chi connectivity index (χ3v) is 4.96. The SMILES string of the molecule is CCCN(C(C)C)S(=O)(=O)c1cc(F)ccc1CO. The van der Waals surface area contributed by atoms with E-state index in [0.717, 1.165) is 12.1 Å². The largest absolute Gasteiger partial charge is 0.392 e. The van der Waals surface area contributed by atoms with Gasteiger partial charge in [-0.25, -0.2) is 12.8 Å². The molecule has 1 N–H and O–H groups in total. The monoisotopic (exact) mass is 289 g/mol. The first-order valence-corrected chi connectivity index (χ1v) is 7.69. The summed E-state index contributed by atoms with van der Waals surface area (Å²) in [5.41, 5.74) is 0.211. The zero-order valence-electron chi connectivity index (χ0n) is 11.4. The van der Waals surface area contributed by atoms with Crippen LogP contribution in [-0.2, 0) is 16.6 Å². The molecule has 19 heavy (non-hydrogen) atoms. The summed E-state index contributed by atoms with van der Waals surface area (Å²) in [6.07, 6.45) is 0.668. The number of halogens is 1. The second kappa shape index (κ2) is 6.45. The molecule has 0 saturated heterocycles. The van der Waals surface area contributed by atoms with Gasteiger partial charge in [-0.3, -0.25) is 0 Å². The molecule has 108 valence electrons. The first-order valence-electron chi connectivity index (χ1n) is 6.25. The van der Waals surface area contributed by atoms with Gasteiger partial charge in [0, 0.05) is 12.6 Å². The van der Waals surface area contributed by atoms with Crippen LogP contribution < -0.4 is 0 Å². The highest BCUT2D eigenvalue weighted by atomic mass is 32.2. The first-order chi connectivity index (χ1) is 8.84. The van der Waals surface area contributed by atoms with Gasteiger partial charge >= 0.3 is 0 Å². The maximum atomic E-state index is 13.3. The molecular weight excluding hydrogens is 269 g/mol. The van der Waals surface area contributed by atoms with Gasteiger partial charge < -0.3 is 5.11 Å². The van der Waals surface area contributed by atoms with Gasteiger partial charge in [0.25, 0.3) is 0 Å². The third kappa shape index (κ3) is 3.52. The molecule has 0 saturated carbocycles. The van der Waals surface area contributed by atoms with Crippen molar-refractivity contribution in [3.05, 3.63) is 29.6 Å². The highest BCUT2D eigenvalue weighted by molar-refractivity contribution is 7.89. The van der Waals surface area contributed by atoms with E-state index in [1.54, 1.807) is 13.8 Å². The Kier molecular flexibility index (Phi) is 5.46. The van der Waals surface area contributed by atoms with Crippen LogP contribution in [0, 0.1) is 5.82 Å². The van der Waals surface area contributed by atoms with Crippen LogP contribution in [0.5, 0.6) is 0 Å². The van der Waals surface area contributed by atoms with E-state index < -0.39 is 22.4 Å². The van der Waals surface area contributed by atoms with Crippen molar-refractivity contribution in [2.24, 2.45) is 0 Å². The summed E-state index contributed by atoms with van der Waals surface area (Å²) in [4.78, 5) is -0.155. The molecule has 0 aliphatic carbocycles. The van der Waals surface area contributed by atoms with Crippen LogP contribution in [-0.4, -0.2) is 30.4 Å². The molecule has 0 unspecified atom stereocenters. The summed E-state index contributed by atoms with van der Waals surface area (Å²) < 4.78 is 39.7. The molecule has 0 radical (unpaired) electrons. The summed E-state index contributed by atoms with van der Waals surface area (Å²) in [6.45, 7) is 5.34. The third-order valence-electron chi connectivity index (χ3n) is 2.81. The zero-order valence-corrected chi connectivity index (χ0v) is 12.2. The normalized spacial score (nSPS) is 12.4. The maximum Gasteiger partial charge on any atom is 0.243 e. The second-order valence-electron chi connectivity index (χ2n) is 4.62. The lowest BCUT2D eigenvalue weighted by Gasteiger charge is -2.26. The molecule has 0 amide bonds. The van der Waals surface area contributed by atoms with Crippen LogP contribution in [0.4, 0.5) is 4.39 Å². The predicted octanol–water partition coefficient (Wildman–Crippen LogP) is 2.13. The topological polar surface area (TPSA) is 57.6 Å². The maximum absolute atomic E-state index is 13.3. The van der Waals surface area contributed by atoms with E-state index >= 15 is 0 Å². The summed E-state index contributed by atoms with van der Waals surface area (Å²) in [7, 11) is -3.79. The van der Waals surface area contributed by atoms with Crippen molar-refractivity contribution in [3.8, 4) is 0 Å². The van der Waals surface area contributed by atoms with E-state index in [1.165, 1.54) is 10.4 Å². The molecule has 6 heteroatoms. The molecule has 0 aromatic heterocycles. The molecule has 0 aliphatic heterocycles. The van der Waals surface area contributed by atoms with Gasteiger partial charge in [0.2, 0.25) is 10.0 Å². The van der Waals surface area contributed by atoms with Gasteiger partial charge in [-0.05, 0) is 38.0 Å². The Balaban J connectivity index is 3.36. The second-order valence-corrected chi connectivity index (χ2v) is 6.48. The summed E-state index contributed by atoms with van der Waals surface area (Å²) in [5.74, 6) is -0.629. The number of benzene rings is 1. The van der Waals surface area contributed by atoms with E-state index in [2.05, 4.69) is 0 Å². The Morgan fingerprint density at radius 3 is 2.47 bits per heavy atom. The molecule has 0 heterocycles. The molecule has 1 aromatic carbocycles. The van der Waals surface area contributed by atoms with E-state index in [0.29, 0.717) is 13.0 Å². The fraction of sp³-hybridized carbons (Fsp3) is 0.538. The number of aliphatic hydroxyl groups is 1. The fourth-order valence-electron chi connectivity index (χ4n) is 1.90. The lowest BCUT2D eigenvalue weighted by atomic mass is 10.2. The average molecular weight is 289 g/mol. The lowest BCUT2D eigenvalue weighted by molar-refractivity contribution is 0.277. The summed E-state index contributed by atoms with van der Waals surface area (Å²) in [6, 6.07) is 3.18. The van der Waals surface area contributed by atoms with Gasteiger partial charge in [0.1, 0.15) is 5.82 Å². The number of nitrogens with zero attached hydrogens (tertiary/aromatic N) is 1. The van der Waals surface area contributed by atoms with Crippen molar-refractivity contribution in [3.63, 3.8) is 0 Å². The first kappa shape index (κ1) is 16.1. The van der Waals surface area contributed by atoms with Crippen molar-refractivity contribution in [2.75, 3.05) is 6.54 Å². The van der Waals surface area contributed by atoms with Crippen molar-refractivity contribution in [2.45, 2.75) is 44.7 Å². The van der Waals surface area contributed by atoms with Crippen molar-refractivity contribution >= 4 is 10.0 Å². The quantitative estimate of drug-likeness (QED) is 0.872. The minimum absolute atomic E-state index is 0.155. The van der Waals surface area contributed by atoms with Gasteiger partial charge in [-0.2, -0.15) is 4.31 Å². The average Bonchev–Trinajstić information content (AvgIpc) is 2.35. The highest BCUT2D eigenvalue weighted by Gasteiger charge is 2.28. The summed E-state index contributed by atoms with van der Waals surface area (Å²) in [5, 5.41) is 9.22. The molecule has 0 fully saturated rings.